The number of hydrogen-bond acceptors (Lipinski definition) is 6. The fraction of sp³-hybridized carbons (Fsp3) is 0.607. The summed E-state index contributed by atoms with van der Waals surface area (Å²) in [6.45, 7) is 0. The second-order valence-electron chi connectivity index (χ2n) is 11.8. The van der Waals surface area contributed by atoms with Gasteiger partial charge in [-0.25, -0.2) is 9.78 Å². The Kier molecular flexibility index (Phi) is 5.64. The summed E-state index contributed by atoms with van der Waals surface area (Å²) in [5.41, 5.74) is -0.255. The molecule has 2 unspecified atom stereocenters. The highest BCUT2D eigenvalue weighted by Crippen LogP contribution is 2.47. The molecule has 9 nitrogen and oxygen atoms in total. The number of aromatic nitrogens is 5. The van der Waals surface area contributed by atoms with Crippen LogP contribution >= 0.6 is 0 Å². The van der Waals surface area contributed by atoms with E-state index in [4.69, 9.17) is 0 Å². The first-order chi connectivity index (χ1) is 18.0. The van der Waals surface area contributed by atoms with Crippen molar-refractivity contribution in [3.63, 3.8) is 0 Å². The predicted molar refractivity (Wildman–Crippen MR) is 140 cm³/mol. The molecule has 7 rings (SSSR count). The highest BCUT2D eigenvalue weighted by atomic mass is 16.2. The molecule has 9 heteroatoms. The van der Waals surface area contributed by atoms with Crippen molar-refractivity contribution in [1.82, 2.24) is 29.2 Å². The third-order valence-electron chi connectivity index (χ3n) is 9.59. The molecule has 2 aliphatic carbocycles. The minimum Gasteiger partial charge on any atom is -0.300 e. The van der Waals surface area contributed by atoms with Crippen LogP contribution in [0, 0.1) is 11.8 Å². The van der Waals surface area contributed by atoms with Crippen molar-refractivity contribution in [2.24, 2.45) is 11.8 Å². The summed E-state index contributed by atoms with van der Waals surface area (Å²) in [4.78, 5) is 47.7. The van der Waals surface area contributed by atoms with Gasteiger partial charge in [-0.2, -0.15) is 9.78 Å². The Hall–Kier alpha value is -3.07. The maximum absolute atomic E-state index is 14.0. The van der Waals surface area contributed by atoms with Crippen molar-refractivity contribution in [1.29, 1.82) is 0 Å². The van der Waals surface area contributed by atoms with Gasteiger partial charge in [0.1, 0.15) is 6.20 Å². The molecule has 4 heterocycles. The van der Waals surface area contributed by atoms with Crippen molar-refractivity contribution in [2.45, 2.75) is 94.8 Å². The molecule has 4 bridgehead atoms. The Bertz CT molecular complexity index is 1480. The van der Waals surface area contributed by atoms with E-state index in [1.54, 1.807) is 0 Å². The first-order valence-electron chi connectivity index (χ1n) is 14.0. The Morgan fingerprint density at radius 2 is 1.49 bits per heavy atom. The highest BCUT2D eigenvalue weighted by Gasteiger charge is 2.45. The van der Waals surface area contributed by atoms with E-state index in [1.165, 1.54) is 57.8 Å². The molecule has 1 N–H and O–H groups in total. The quantitative estimate of drug-likeness (QED) is 0.590. The predicted octanol–water partition coefficient (Wildman–Crippen LogP) is 3.16. The van der Waals surface area contributed by atoms with Crippen LogP contribution in [-0.4, -0.2) is 47.3 Å². The van der Waals surface area contributed by atoms with Gasteiger partial charge in [-0.05, 0) is 68.9 Å². The molecule has 0 amide bonds. The Balaban J connectivity index is 1.28. The molecule has 4 aliphatic rings. The normalized spacial score (nSPS) is 31.9. The minimum absolute atomic E-state index is 0.0345. The van der Waals surface area contributed by atoms with Crippen LogP contribution in [0.25, 0.3) is 16.9 Å². The molecular formula is C28H34N6O3. The lowest BCUT2D eigenvalue weighted by atomic mass is 9.68. The minimum atomic E-state index is -0.756. The van der Waals surface area contributed by atoms with E-state index in [1.807, 2.05) is 28.8 Å². The van der Waals surface area contributed by atoms with Crippen LogP contribution < -0.4 is 16.8 Å². The molecular weight excluding hydrogens is 468 g/mol. The van der Waals surface area contributed by atoms with E-state index in [2.05, 4.69) is 20.0 Å². The third kappa shape index (κ3) is 3.98. The number of aromatic amines is 1. The van der Waals surface area contributed by atoms with Gasteiger partial charge in [-0.15, -0.1) is 0 Å². The van der Waals surface area contributed by atoms with E-state index in [-0.39, 0.29) is 17.4 Å². The van der Waals surface area contributed by atoms with Gasteiger partial charge < -0.3 is 4.57 Å². The van der Waals surface area contributed by atoms with Crippen molar-refractivity contribution >= 4 is 11.0 Å². The van der Waals surface area contributed by atoms with Crippen LogP contribution in [0.2, 0.25) is 0 Å². The van der Waals surface area contributed by atoms with Crippen molar-refractivity contribution in [3.05, 3.63) is 61.7 Å². The van der Waals surface area contributed by atoms with Crippen LogP contribution in [0.1, 0.15) is 76.7 Å². The van der Waals surface area contributed by atoms with Crippen LogP contribution in [0.4, 0.5) is 0 Å². The zero-order chi connectivity index (χ0) is 25.1. The number of fused-ring (bicyclic) bond motifs is 5. The van der Waals surface area contributed by atoms with Gasteiger partial charge in [-0.3, -0.25) is 19.5 Å². The van der Waals surface area contributed by atoms with Gasteiger partial charge in [0.25, 0.3) is 11.1 Å². The number of H-pyrrole nitrogens is 1. The molecule has 6 atom stereocenters. The molecule has 2 saturated carbocycles. The van der Waals surface area contributed by atoms with E-state index in [9.17, 15) is 14.4 Å². The van der Waals surface area contributed by atoms with Crippen molar-refractivity contribution in [2.75, 3.05) is 0 Å². The van der Waals surface area contributed by atoms with E-state index in [0.717, 1.165) is 41.1 Å². The van der Waals surface area contributed by atoms with E-state index >= 15 is 0 Å². The van der Waals surface area contributed by atoms with Gasteiger partial charge in [0.05, 0.1) is 11.0 Å². The van der Waals surface area contributed by atoms with Crippen molar-refractivity contribution in [3.8, 4) is 5.82 Å². The van der Waals surface area contributed by atoms with E-state index in [0.29, 0.717) is 23.6 Å². The molecule has 2 saturated heterocycles. The van der Waals surface area contributed by atoms with Gasteiger partial charge >= 0.3 is 5.69 Å². The van der Waals surface area contributed by atoms with Gasteiger partial charge in [0, 0.05) is 24.2 Å². The molecule has 0 spiro atoms. The lowest BCUT2D eigenvalue weighted by molar-refractivity contribution is -0.0485. The van der Waals surface area contributed by atoms with Gasteiger partial charge in [-0.1, -0.05) is 37.8 Å². The fourth-order valence-electron chi connectivity index (χ4n) is 8.28. The number of rotatable bonds is 3. The Labute approximate surface area is 214 Å². The molecule has 37 heavy (non-hydrogen) atoms. The summed E-state index contributed by atoms with van der Waals surface area (Å²) in [5, 5.41) is 3.94. The smallest absolute Gasteiger partial charge is 0.300 e. The Morgan fingerprint density at radius 3 is 2.22 bits per heavy atom. The molecule has 4 fully saturated rings. The van der Waals surface area contributed by atoms with Crippen LogP contribution in [0.5, 0.6) is 0 Å². The highest BCUT2D eigenvalue weighted by molar-refractivity contribution is 5.75. The molecule has 0 radical (unpaired) electrons. The Morgan fingerprint density at radius 1 is 0.784 bits per heavy atom. The van der Waals surface area contributed by atoms with Crippen LogP contribution in [-0.2, 0) is 0 Å². The fourth-order valence-corrected chi connectivity index (χ4v) is 8.28. The first kappa shape index (κ1) is 23.1. The molecule has 2 aliphatic heterocycles. The second-order valence-corrected chi connectivity index (χ2v) is 11.8. The third-order valence-corrected chi connectivity index (χ3v) is 9.59. The maximum atomic E-state index is 14.0. The first-order valence-corrected chi connectivity index (χ1v) is 14.0. The number of hydrogen-bond donors (Lipinski definition) is 1. The summed E-state index contributed by atoms with van der Waals surface area (Å²) >= 11 is 0. The van der Waals surface area contributed by atoms with Gasteiger partial charge in [0.15, 0.2) is 0 Å². The largest absolute Gasteiger partial charge is 0.351 e. The molecule has 1 aromatic carbocycles. The van der Waals surface area contributed by atoms with Crippen LogP contribution in [0.3, 0.4) is 0 Å². The number of nitrogens with zero attached hydrogens (tertiary/aromatic N) is 5. The van der Waals surface area contributed by atoms with E-state index < -0.39 is 11.2 Å². The number of piperidine rings is 2. The molecule has 2 aromatic heterocycles. The lowest BCUT2D eigenvalue weighted by Crippen LogP contribution is -2.58. The topological polar surface area (TPSA) is 106 Å². The summed E-state index contributed by atoms with van der Waals surface area (Å²) in [7, 11) is 0. The zero-order valence-corrected chi connectivity index (χ0v) is 21.1. The SMILES string of the molecule is O=c1cnn(-c2nc3ccccc3n(C3C[C@H]4CCC[C@@H](C3)N4C3C[C@H]4CCC[C@@H](C3)C4)c2=O)c(=O)[nH]1. The zero-order valence-electron chi connectivity index (χ0n) is 21.1. The summed E-state index contributed by atoms with van der Waals surface area (Å²) in [6, 6.07) is 9.31. The molecule has 194 valence electrons. The monoisotopic (exact) mass is 502 g/mol. The second kappa shape index (κ2) is 9.04. The average Bonchev–Trinajstić information content (AvgIpc) is 2.88. The van der Waals surface area contributed by atoms with Crippen LogP contribution in [0.15, 0.2) is 44.8 Å². The molecule has 3 aromatic rings. The number of benzene rings is 1. The summed E-state index contributed by atoms with van der Waals surface area (Å²) in [6.07, 6.45) is 14.8. The number of para-hydroxylation sites is 2. The lowest BCUT2D eigenvalue weighted by Gasteiger charge is -2.55. The van der Waals surface area contributed by atoms with Gasteiger partial charge in [0.2, 0.25) is 5.82 Å². The summed E-state index contributed by atoms with van der Waals surface area (Å²) < 4.78 is 2.79. The average molecular weight is 503 g/mol. The maximum Gasteiger partial charge on any atom is 0.351 e. The standard InChI is InChI=1S/C28H34N6O3/c35-25-16-29-34(28(37)31-25)26-27(36)33(24-10-2-1-9-23(24)30-26)22-14-19-7-4-8-20(15-22)32(19)21-12-17-5-3-6-18(11-17)13-21/h1-2,9-10,16-22H,3-8,11-15H2,(H,31,35,37)/t17-,18+,19-,20+,21?,22?. The summed E-state index contributed by atoms with van der Waals surface area (Å²) in [5.74, 6) is 1.73. The number of nitrogens with one attached hydrogen (secondary N) is 1. The van der Waals surface area contributed by atoms with Crippen molar-refractivity contribution < 1.29 is 0 Å².